The van der Waals surface area contributed by atoms with Gasteiger partial charge in [0.1, 0.15) is 0 Å². The van der Waals surface area contributed by atoms with Crippen molar-refractivity contribution in [3.8, 4) is 0 Å². The minimum atomic E-state index is -0.255. The zero-order valence-corrected chi connectivity index (χ0v) is 15.3. The van der Waals surface area contributed by atoms with Gasteiger partial charge in [0.15, 0.2) is 0 Å². The van der Waals surface area contributed by atoms with Crippen molar-refractivity contribution in [3.63, 3.8) is 0 Å². The van der Waals surface area contributed by atoms with Crippen molar-refractivity contribution in [2.75, 3.05) is 18.0 Å². The van der Waals surface area contributed by atoms with Crippen LogP contribution in [0, 0.1) is 0 Å². The van der Waals surface area contributed by atoms with Gasteiger partial charge in [-0.05, 0) is 25.7 Å². The molecule has 2 bridgehead atoms. The molecule has 3 aliphatic heterocycles. The Morgan fingerprint density at radius 2 is 2.15 bits per heavy atom. The van der Waals surface area contributed by atoms with Gasteiger partial charge in [-0.2, -0.15) is 5.10 Å². The highest BCUT2D eigenvalue weighted by Crippen LogP contribution is 2.44. The Balaban J connectivity index is 1.39. The van der Waals surface area contributed by atoms with Crippen LogP contribution in [0.15, 0.2) is 18.6 Å². The molecule has 3 atom stereocenters. The molecular formula is C19H26N6O. The van der Waals surface area contributed by atoms with Crippen LogP contribution in [-0.4, -0.2) is 55.0 Å². The minimum absolute atomic E-state index is 0.255. The number of aryl methyl sites for hydroxylation is 1. The lowest BCUT2D eigenvalue weighted by Crippen LogP contribution is -2.40. The van der Waals surface area contributed by atoms with Gasteiger partial charge in [0.2, 0.25) is 5.95 Å². The maximum absolute atomic E-state index is 9.94. The fourth-order valence-electron chi connectivity index (χ4n) is 4.86. The highest BCUT2D eigenvalue weighted by molar-refractivity contribution is 5.38. The van der Waals surface area contributed by atoms with E-state index >= 15 is 0 Å². The summed E-state index contributed by atoms with van der Waals surface area (Å²) in [7, 11) is 1.97. The molecule has 0 unspecified atom stereocenters. The van der Waals surface area contributed by atoms with Gasteiger partial charge in [-0.3, -0.25) is 9.58 Å². The largest absolute Gasteiger partial charge is 0.391 e. The molecule has 5 rings (SSSR count). The summed E-state index contributed by atoms with van der Waals surface area (Å²) in [5, 5.41) is 14.2. The molecule has 2 saturated heterocycles. The molecule has 3 aliphatic rings. The van der Waals surface area contributed by atoms with E-state index in [0.717, 1.165) is 38.3 Å². The van der Waals surface area contributed by atoms with Crippen LogP contribution in [0.25, 0.3) is 0 Å². The first-order chi connectivity index (χ1) is 12.7. The minimum Gasteiger partial charge on any atom is -0.391 e. The molecule has 2 aromatic heterocycles. The van der Waals surface area contributed by atoms with Crippen molar-refractivity contribution >= 4 is 5.95 Å². The maximum atomic E-state index is 9.94. The van der Waals surface area contributed by atoms with E-state index in [1.807, 2.05) is 24.1 Å². The topological polar surface area (TPSA) is 70.3 Å². The van der Waals surface area contributed by atoms with Crippen LogP contribution >= 0.6 is 0 Å². The molecule has 0 aliphatic carbocycles. The number of anilines is 1. The van der Waals surface area contributed by atoms with Gasteiger partial charge < -0.3 is 10.0 Å². The van der Waals surface area contributed by atoms with Crippen LogP contribution in [0.5, 0.6) is 0 Å². The fourth-order valence-corrected chi connectivity index (χ4v) is 4.86. The molecule has 5 heterocycles. The van der Waals surface area contributed by atoms with E-state index in [2.05, 4.69) is 26.1 Å². The molecule has 0 spiro atoms. The molecule has 7 nitrogen and oxygen atoms in total. The molecule has 2 aromatic rings. The van der Waals surface area contributed by atoms with Crippen molar-refractivity contribution < 1.29 is 5.11 Å². The van der Waals surface area contributed by atoms with Crippen LogP contribution < -0.4 is 4.90 Å². The molecule has 26 heavy (non-hydrogen) atoms. The summed E-state index contributed by atoms with van der Waals surface area (Å²) in [5.74, 6) is 0.794. The second kappa shape index (κ2) is 6.32. The predicted octanol–water partition coefficient (Wildman–Crippen LogP) is 1.43. The van der Waals surface area contributed by atoms with Crippen LogP contribution in [0.1, 0.15) is 48.5 Å². The average Bonchev–Trinajstić information content (AvgIpc) is 3.16. The molecule has 0 aromatic carbocycles. The summed E-state index contributed by atoms with van der Waals surface area (Å²) in [4.78, 5) is 14.3. The first-order valence-electron chi connectivity index (χ1n) is 9.69. The van der Waals surface area contributed by atoms with Crippen LogP contribution in [-0.2, 0) is 20.0 Å². The first-order valence-corrected chi connectivity index (χ1v) is 9.69. The summed E-state index contributed by atoms with van der Waals surface area (Å²) in [6, 6.07) is 0.979. The number of nitrogens with zero attached hydrogens (tertiary/aromatic N) is 6. The second-order valence-electron chi connectivity index (χ2n) is 7.96. The Hall–Kier alpha value is -1.99. The molecule has 0 radical (unpaired) electrons. The lowest BCUT2D eigenvalue weighted by molar-refractivity contribution is 0.153. The molecular weight excluding hydrogens is 328 g/mol. The third-order valence-corrected chi connectivity index (χ3v) is 6.12. The summed E-state index contributed by atoms with van der Waals surface area (Å²) in [6.45, 7) is 2.54. The number of hydrogen-bond donors (Lipinski definition) is 1. The molecule has 1 N–H and O–H groups in total. The Kier molecular flexibility index (Phi) is 3.94. The third-order valence-electron chi connectivity index (χ3n) is 6.12. The summed E-state index contributed by atoms with van der Waals surface area (Å²) >= 11 is 0. The monoisotopic (exact) mass is 354 g/mol. The Morgan fingerprint density at radius 3 is 2.96 bits per heavy atom. The van der Waals surface area contributed by atoms with E-state index in [1.54, 1.807) is 0 Å². The van der Waals surface area contributed by atoms with Gasteiger partial charge in [0, 0.05) is 68.7 Å². The standard InChI is InChI=1S/C19H26N6O/c1-23-10-13(8-21-23)11-25-14-4-5-18(25)16-9-20-19(22-17(16)7-14)24-6-2-3-15(26)12-24/h8-10,14-15,18,26H,2-7,11-12H2,1H3/t14-,15+,18-/m0/s1. The van der Waals surface area contributed by atoms with Gasteiger partial charge >= 0.3 is 0 Å². The van der Waals surface area contributed by atoms with Crippen molar-refractivity contribution in [3.05, 3.63) is 35.4 Å². The maximum Gasteiger partial charge on any atom is 0.225 e. The highest BCUT2D eigenvalue weighted by Gasteiger charge is 2.41. The Labute approximate surface area is 153 Å². The highest BCUT2D eigenvalue weighted by atomic mass is 16.3. The lowest BCUT2D eigenvalue weighted by atomic mass is 9.99. The number of aliphatic hydroxyl groups excluding tert-OH is 1. The zero-order valence-electron chi connectivity index (χ0n) is 15.3. The zero-order chi connectivity index (χ0) is 17.7. The second-order valence-corrected chi connectivity index (χ2v) is 7.96. The van der Waals surface area contributed by atoms with Crippen molar-refractivity contribution in [2.24, 2.45) is 7.05 Å². The van der Waals surface area contributed by atoms with E-state index in [4.69, 9.17) is 4.98 Å². The predicted molar refractivity (Wildman–Crippen MR) is 97.7 cm³/mol. The summed E-state index contributed by atoms with van der Waals surface area (Å²) in [5.41, 5.74) is 3.78. The number of fused-ring (bicyclic) bond motifs is 4. The SMILES string of the molecule is Cn1cc(CN2[C@H]3CC[C@H]2c2cnc(N4CCC[C@@H](O)C4)nc2C3)cn1. The fraction of sp³-hybridized carbons (Fsp3) is 0.632. The van der Waals surface area contributed by atoms with Gasteiger partial charge in [0.25, 0.3) is 0 Å². The number of rotatable bonds is 3. The van der Waals surface area contributed by atoms with E-state index in [0.29, 0.717) is 18.6 Å². The Morgan fingerprint density at radius 1 is 1.23 bits per heavy atom. The summed E-state index contributed by atoms with van der Waals surface area (Å²) in [6.07, 6.45) is 11.2. The molecule has 7 heteroatoms. The number of hydrogen-bond acceptors (Lipinski definition) is 6. The first kappa shape index (κ1) is 16.2. The Bertz CT molecular complexity index is 805. The average molecular weight is 354 g/mol. The van der Waals surface area contributed by atoms with Crippen molar-refractivity contribution in [1.82, 2.24) is 24.6 Å². The van der Waals surface area contributed by atoms with Crippen LogP contribution in [0.2, 0.25) is 0 Å². The number of aliphatic hydroxyl groups is 1. The van der Waals surface area contributed by atoms with Gasteiger partial charge in [-0.1, -0.05) is 0 Å². The molecule has 0 saturated carbocycles. The van der Waals surface area contributed by atoms with E-state index in [1.165, 1.54) is 29.7 Å². The van der Waals surface area contributed by atoms with Crippen molar-refractivity contribution in [1.29, 1.82) is 0 Å². The number of piperidine rings is 1. The van der Waals surface area contributed by atoms with Gasteiger partial charge in [0.05, 0.1) is 18.0 Å². The normalized spacial score (nSPS) is 28.4. The van der Waals surface area contributed by atoms with E-state index < -0.39 is 0 Å². The van der Waals surface area contributed by atoms with Crippen LogP contribution in [0.3, 0.4) is 0 Å². The van der Waals surface area contributed by atoms with E-state index in [9.17, 15) is 5.11 Å². The molecule has 0 amide bonds. The van der Waals surface area contributed by atoms with Crippen molar-refractivity contribution in [2.45, 2.75) is 56.8 Å². The molecule has 138 valence electrons. The smallest absolute Gasteiger partial charge is 0.225 e. The van der Waals surface area contributed by atoms with E-state index in [-0.39, 0.29) is 6.10 Å². The quantitative estimate of drug-likeness (QED) is 0.899. The van der Waals surface area contributed by atoms with Gasteiger partial charge in [-0.15, -0.1) is 0 Å². The lowest BCUT2D eigenvalue weighted by Gasteiger charge is -2.36. The number of aromatic nitrogens is 4. The van der Waals surface area contributed by atoms with Gasteiger partial charge in [-0.25, -0.2) is 9.97 Å². The third kappa shape index (κ3) is 2.79. The number of β-amino-alcohol motifs (C(OH)–C–C–N with tert-alkyl or cyclic N) is 1. The molecule has 2 fully saturated rings. The summed E-state index contributed by atoms with van der Waals surface area (Å²) < 4.78 is 1.87. The van der Waals surface area contributed by atoms with Crippen LogP contribution in [0.4, 0.5) is 5.95 Å².